The number of benzene rings is 1. The third-order valence-electron chi connectivity index (χ3n) is 2.74. The van der Waals surface area contributed by atoms with Gasteiger partial charge in [0.05, 0.1) is 12.8 Å². The van der Waals surface area contributed by atoms with E-state index in [1.54, 1.807) is 0 Å². The van der Waals surface area contributed by atoms with Crippen LogP contribution >= 0.6 is 0 Å². The van der Waals surface area contributed by atoms with E-state index in [1.807, 2.05) is 0 Å². The number of ether oxygens (including phenoxy) is 1. The van der Waals surface area contributed by atoms with E-state index in [2.05, 4.69) is 0 Å². The molecule has 0 N–H and O–H groups in total. The van der Waals surface area contributed by atoms with E-state index in [0.29, 0.717) is 10.6 Å². The van der Waals surface area contributed by atoms with Crippen molar-refractivity contribution >= 4 is 17.6 Å². The zero-order chi connectivity index (χ0) is 14.9. The molecule has 8 heteroatoms. The molecule has 2 rings (SSSR count). The molecule has 0 unspecified atom stereocenters. The molecule has 20 heavy (non-hydrogen) atoms. The number of anilines is 1. The normalized spacial score (nSPS) is 16.0. The zero-order valence-electron chi connectivity index (χ0n) is 10.5. The van der Waals surface area contributed by atoms with E-state index < -0.39 is 31.2 Å². The van der Waals surface area contributed by atoms with Gasteiger partial charge in [-0.2, -0.15) is 13.2 Å². The Kier molecular flexibility index (Phi) is 3.56. The third-order valence-corrected chi connectivity index (χ3v) is 2.74. The Balaban J connectivity index is 2.20. The van der Waals surface area contributed by atoms with Gasteiger partial charge in [0.15, 0.2) is 0 Å². The van der Waals surface area contributed by atoms with Crippen LogP contribution in [0.3, 0.4) is 0 Å². The van der Waals surface area contributed by atoms with E-state index in [1.165, 1.54) is 31.4 Å². The summed E-state index contributed by atoms with van der Waals surface area (Å²) in [5.74, 6) is -0.176. The van der Waals surface area contributed by atoms with E-state index in [-0.39, 0.29) is 5.69 Å². The van der Waals surface area contributed by atoms with Gasteiger partial charge >= 0.3 is 12.2 Å². The molecule has 1 heterocycles. The maximum atomic E-state index is 12.3. The van der Waals surface area contributed by atoms with Gasteiger partial charge in [0, 0.05) is 0 Å². The van der Waals surface area contributed by atoms with Crippen LogP contribution in [0.15, 0.2) is 24.3 Å². The van der Waals surface area contributed by atoms with Crippen LogP contribution in [0.4, 0.5) is 23.7 Å². The van der Waals surface area contributed by atoms with Crippen molar-refractivity contribution in [2.24, 2.45) is 0 Å². The summed E-state index contributed by atoms with van der Waals surface area (Å²) in [7, 11) is 1.45. The summed E-state index contributed by atoms with van der Waals surface area (Å²) in [6.45, 7) is -2.02. The SMILES string of the molecule is COc1ccc(N2C(=O)CN(CC(F)(F)F)C2=O)cc1. The monoisotopic (exact) mass is 288 g/mol. The smallest absolute Gasteiger partial charge is 0.406 e. The molecule has 1 fully saturated rings. The molecule has 0 atom stereocenters. The lowest BCUT2D eigenvalue weighted by Crippen LogP contribution is -2.38. The first-order chi connectivity index (χ1) is 9.31. The minimum Gasteiger partial charge on any atom is -0.497 e. The molecular weight excluding hydrogens is 277 g/mol. The molecule has 1 aliphatic rings. The second kappa shape index (κ2) is 5.03. The highest BCUT2D eigenvalue weighted by Crippen LogP contribution is 2.26. The van der Waals surface area contributed by atoms with Gasteiger partial charge in [-0.25, -0.2) is 9.69 Å². The number of carbonyl (C=O) groups is 2. The van der Waals surface area contributed by atoms with Crippen LogP contribution in [-0.4, -0.2) is 43.2 Å². The Morgan fingerprint density at radius 3 is 2.30 bits per heavy atom. The summed E-state index contributed by atoms with van der Waals surface area (Å²) < 4.78 is 41.8. The van der Waals surface area contributed by atoms with Gasteiger partial charge in [0.2, 0.25) is 0 Å². The van der Waals surface area contributed by atoms with Crippen LogP contribution in [0.5, 0.6) is 5.75 Å². The van der Waals surface area contributed by atoms with Gasteiger partial charge in [-0.05, 0) is 24.3 Å². The Hall–Kier alpha value is -2.25. The molecule has 108 valence electrons. The molecule has 1 saturated heterocycles. The van der Waals surface area contributed by atoms with Crippen molar-refractivity contribution < 1.29 is 27.5 Å². The number of rotatable bonds is 3. The standard InChI is InChI=1S/C12H11F3N2O3/c1-20-9-4-2-8(3-5-9)17-10(18)6-16(11(17)19)7-12(13,14)15/h2-5H,6-7H2,1H3. The highest BCUT2D eigenvalue weighted by Gasteiger charge is 2.42. The van der Waals surface area contributed by atoms with E-state index >= 15 is 0 Å². The second-order valence-electron chi connectivity index (χ2n) is 4.18. The highest BCUT2D eigenvalue weighted by atomic mass is 19.4. The molecule has 1 aromatic carbocycles. The van der Waals surface area contributed by atoms with Crippen molar-refractivity contribution in [1.29, 1.82) is 0 Å². The molecule has 3 amide bonds. The summed E-state index contributed by atoms with van der Waals surface area (Å²) in [6.07, 6.45) is -4.54. The number of hydrogen-bond donors (Lipinski definition) is 0. The topological polar surface area (TPSA) is 49.9 Å². The molecule has 1 aliphatic heterocycles. The molecule has 0 aromatic heterocycles. The number of methoxy groups -OCH3 is 1. The Morgan fingerprint density at radius 2 is 1.80 bits per heavy atom. The van der Waals surface area contributed by atoms with Crippen molar-refractivity contribution in [2.75, 3.05) is 25.1 Å². The Bertz CT molecular complexity index is 528. The van der Waals surface area contributed by atoms with E-state index in [4.69, 9.17) is 4.74 Å². The van der Waals surface area contributed by atoms with Crippen LogP contribution in [0.1, 0.15) is 0 Å². The first-order valence-corrected chi connectivity index (χ1v) is 5.64. The number of alkyl halides is 3. The number of imide groups is 1. The largest absolute Gasteiger partial charge is 0.497 e. The first kappa shape index (κ1) is 14.2. The minimum absolute atomic E-state index is 0.213. The van der Waals surface area contributed by atoms with Crippen LogP contribution < -0.4 is 9.64 Å². The van der Waals surface area contributed by atoms with Crippen molar-refractivity contribution in [2.45, 2.75) is 6.18 Å². The van der Waals surface area contributed by atoms with Gasteiger partial charge in [-0.3, -0.25) is 4.79 Å². The molecule has 5 nitrogen and oxygen atoms in total. The fourth-order valence-corrected chi connectivity index (χ4v) is 1.88. The minimum atomic E-state index is -4.54. The van der Waals surface area contributed by atoms with Crippen LogP contribution in [0.2, 0.25) is 0 Å². The lowest BCUT2D eigenvalue weighted by atomic mass is 10.3. The fraction of sp³-hybridized carbons (Fsp3) is 0.333. The first-order valence-electron chi connectivity index (χ1n) is 5.64. The number of urea groups is 1. The lowest BCUT2D eigenvalue weighted by molar-refractivity contribution is -0.139. The van der Waals surface area contributed by atoms with Crippen molar-refractivity contribution in [3.05, 3.63) is 24.3 Å². The second-order valence-corrected chi connectivity index (χ2v) is 4.18. The zero-order valence-corrected chi connectivity index (χ0v) is 10.5. The molecule has 0 bridgehead atoms. The highest BCUT2D eigenvalue weighted by molar-refractivity contribution is 6.19. The van der Waals surface area contributed by atoms with Gasteiger partial charge in [0.25, 0.3) is 5.91 Å². The van der Waals surface area contributed by atoms with Crippen LogP contribution in [0, 0.1) is 0 Å². The number of hydrogen-bond acceptors (Lipinski definition) is 3. The maximum absolute atomic E-state index is 12.3. The fourth-order valence-electron chi connectivity index (χ4n) is 1.88. The quantitative estimate of drug-likeness (QED) is 0.800. The van der Waals surface area contributed by atoms with Gasteiger partial charge in [0.1, 0.15) is 18.8 Å². The predicted octanol–water partition coefficient (Wildman–Crippen LogP) is 2.03. The van der Waals surface area contributed by atoms with Gasteiger partial charge in [-0.15, -0.1) is 0 Å². The molecule has 0 spiro atoms. The summed E-state index contributed by atoms with van der Waals surface area (Å²) in [5, 5.41) is 0. The van der Waals surface area contributed by atoms with Gasteiger partial charge < -0.3 is 9.64 Å². The Morgan fingerprint density at radius 1 is 1.20 bits per heavy atom. The van der Waals surface area contributed by atoms with E-state index in [0.717, 1.165) is 4.90 Å². The van der Waals surface area contributed by atoms with Crippen LogP contribution in [-0.2, 0) is 4.79 Å². The summed E-state index contributed by atoms with van der Waals surface area (Å²) >= 11 is 0. The summed E-state index contributed by atoms with van der Waals surface area (Å²) in [5.41, 5.74) is 0.213. The van der Waals surface area contributed by atoms with E-state index in [9.17, 15) is 22.8 Å². The van der Waals surface area contributed by atoms with Gasteiger partial charge in [-0.1, -0.05) is 0 Å². The van der Waals surface area contributed by atoms with Crippen molar-refractivity contribution in [1.82, 2.24) is 4.90 Å². The third kappa shape index (κ3) is 2.84. The summed E-state index contributed by atoms with van der Waals surface area (Å²) in [6, 6.07) is 4.93. The van der Waals surface area contributed by atoms with Crippen molar-refractivity contribution in [3.8, 4) is 5.75 Å². The average molecular weight is 288 g/mol. The molecule has 0 aliphatic carbocycles. The molecule has 0 saturated carbocycles. The molecule has 0 radical (unpaired) electrons. The van der Waals surface area contributed by atoms with Crippen molar-refractivity contribution in [3.63, 3.8) is 0 Å². The number of amides is 3. The molecule has 1 aromatic rings. The predicted molar refractivity (Wildman–Crippen MR) is 63.5 cm³/mol. The number of halogens is 3. The Labute approximate surface area is 112 Å². The molecular formula is C12H11F3N2O3. The average Bonchev–Trinajstić information content (AvgIpc) is 2.63. The maximum Gasteiger partial charge on any atom is 0.406 e. The van der Waals surface area contributed by atoms with Crippen LogP contribution in [0.25, 0.3) is 0 Å². The number of carbonyl (C=O) groups excluding carboxylic acids is 2. The number of nitrogens with zero attached hydrogens (tertiary/aromatic N) is 2. The lowest BCUT2D eigenvalue weighted by Gasteiger charge is -2.18. The summed E-state index contributed by atoms with van der Waals surface area (Å²) in [4.78, 5) is 24.7.